The van der Waals surface area contributed by atoms with Gasteiger partial charge in [-0.2, -0.15) is 0 Å². The van der Waals surface area contributed by atoms with Gasteiger partial charge in [-0.1, -0.05) is 0 Å². The van der Waals surface area contributed by atoms with Crippen molar-refractivity contribution in [3.05, 3.63) is 0 Å². The molecule has 0 aromatic carbocycles. The molecule has 0 bridgehead atoms. The Bertz CT molecular complexity index is 47.7. The average molecular weight is 124 g/mol. The van der Waals surface area contributed by atoms with Crippen LogP contribution < -0.4 is 0 Å². The number of rotatable bonds is 2. The van der Waals surface area contributed by atoms with E-state index in [4.69, 9.17) is 9.42 Å². The normalized spacial score (nSPS) is 14.3. The zero-order valence-electron chi connectivity index (χ0n) is 5.06. The molecule has 1 N–H and O–H groups in total. The molecule has 0 radical (unpaired) electrons. The van der Waals surface area contributed by atoms with Crippen LogP contribution in [0.5, 0.6) is 0 Å². The van der Waals surface area contributed by atoms with Gasteiger partial charge in [0.05, 0.1) is 0 Å². The van der Waals surface area contributed by atoms with Gasteiger partial charge in [0.1, 0.15) is 0 Å². The summed E-state index contributed by atoms with van der Waals surface area (Å²) in [5.41, 5.74) is 0. The third-order valence-electron chi connectivity index (χ3n) is 1.10. The maximum absolute atomic E-state index is 9.05. The molecule has 0 aromatic rings. The number of hydrogen-bond donors (Lipinski definition) is 1. The van der Waals surface area contributed by atoms with E-state index in [0.29, 0.717) is 0 Å². The SMILES string of the molecule is CC[PH](C)(O)OC. The first-order valence-electron chi connectivity index (χ1n) is 2.40. The molecule has 0 unspecified atom stereocenters. The Morgan fingerprint density at radius 3 is 2.14 bits per heavy atom. The third-order valence-corrected chi connectivity index (χ3v) is 3.29. The first-order valence-corrected chi connectivity index (χ1v) is 4.96. The zero-order valence-corrected chi connectivity index (χ0v) is 6.06. The van der Waals surface area contributed by atoms with Crippen LogP contribution in [0.25, 0.3) is 0 Å². The van der Waals surface area contributed by atoms with Crippen LogP contribution in [-0.4, -0.2) is 24.8 Å². The van der Waals surface area contributed by atoms with Gasteiger partial charge in [0.15, 0.2) is 0 Å². The number of hydrogen-bond acceptors (Lipinski definition) is 2. The fourth-order valence-electron chi connectivity index (χ4n) is 0.144. The molecule has 0 atom stereocenters. The van der Waals surface area contributed by atoms with Crippen molar-refractivity contribution in [2.75, 3.05) is 19.9 Å². The van der Waals surface area contributed by atoms with Gasteiger partial charge in [-0.3, -0.25) is 0 Å². The summed E-state index contributed by atoms with van der Waals surface area (Å²) in [6, 6.07) is 0. The van der Waals surface area contributed by atoms with E-state index in [9.17, 15) is 0 Å². The van der Waals surface area contributed by atoms with Gasteiger partial charge < -0.3 is 0 Å². The molecule has 0 spiro atoms. The van der Waals surface area contributed by atoms with E-state index in [1.54, 1.807) is 13.8 Å². The van der Waals surface area contributed by atoms with Crippen molar-refractivity contribution in [2.45, 2.75) is 6.92 Å². The molecule has 0 aliphatic rings. The molecule has 46 valence electrons. The summed E-state index contributed by atoms with van der Waals surface area (Å²) in [7, 11) is -0.600. The molecule has 0 fully saturated rings. The van der Waals surface area contributed by atoms with E-state index in [0.717, 1.165) is 6.16 Å². The summed E-state index contributed by atoms with van der Waals surface area (Å²) in [6.45, 7) is 3.70. The maximum atomic E-state index is 9.05. The zero-order chi connectivity index (χ0) is 5.91. The third kappa shape index (κ3) is 2.98. The van der Waals surface area contributed by atoms with Gasteiger partial charge in [-0.05, 0) is 0 Å². The van der Waals surface area contributed by atoms with Crippen LogP contribution in [-0.2, 0) is 4.52 Å². The first kappa shape index (κ1) is 7.35. The van der Waals surface area contributed by atoms with Crippen molar-refractivity contribution >= 4 is 7.72 Å². The van der Waals surface area contributed by atoms with Crippen molar-refractivity contribution in [1.82, 2.24) is 0 Å². The van der Waals surface area contributed by atoms with E-state index in [1.807, 2.05) is 6.92 Å². The summed E-state index contributed by atoms with van der Waals surface area (Å²) < 4.78 is 4.78. The second kappa shape index (κ2) is 2.61. The van der Waals surface area contributed by atoms with Gasteiger partial charge in [0, 0.05) is 0 Å². The van der Waals surface area contributed by atoms with Crippen molar-refractivity contribution in [1.29, 1.82) is 0 Å². The van der Waals surface area contributed by atoms with Gasteiger partial charge in [0.25, 0.3) is 0 Å². The molecule has 0 heterocycles. The Hall–Kier alpha value is 0.350. The molecule has 0 aliphatic heterocycles. The van der Waals surface area contributed by atoms with Crippen LogP contribution in [0.4, 0.5) is 0 Å². The van der Waals surface area contributed by atoms with Crippen LogP contribution in [0.3, 0.4) is 0 Å². The van der Waals surface area contributed by atoms with Crippen LogP contribution in [0.1, 0.15) is 6.92 Å². The van der Waals surface area contributed by atoms with Crippen molar-refractivity contribution < 1.29 is 9.42 Å². The molecule has 7 heavy (non-hydrogen) atoms. The molecule has 0 saturated heterocycles. The molecule has 3 heteroatoms. The van der Waals surface area contributed by atoms with Crippen LogP contribution in [0, 0.1) is 0 Å². The van der Waals surface area contributed by atoms with E-state index in [2.05, 4.69) is 0 Å². The van der Waals surface area contributed by atoms with E-state index >= 15 is 0 Å². The standard InChI is InChI=1S/C4H13O2P/c1-4-7(3,5)6-2/h5,7H,4H2,1-3H3. The summed E-state index contributed by atoms with van der Waals surface area (Å²) in [5, 5.41) is 0. The Kier molecular flexibility index (Phi) is 2.74. The van der Waals surface area contributed by atoms with Crippen LogP contribution in [0.2, 0.25) is 0 Å². The topological polar surface area (TPSA) is 29.5 Å². The average Bonchev–Trinajstić information content (AvgIpc) is 1.68. The molecular weight excluding hydrogens is 111 g/mol. The minimum absolute atomic E-state index is 0.767. The quantitative estimate of drug-likeness (QED) is 0.553. The predicted octanol–water partition coefficient (Wildman–Crippen LogP) is 0.855. The van der Waals surface area contributed by atoms with Crippen molar-refractivity contribution in [3.8, 4) is 0 Å². The molecule has 0 aromatic heterocycles. The molecule has 0 rings (SSSR count). The molecule has 0 amide bonds. The molecule has 0 aliphatic carbocycles. The fourth-order valence-corrected chi connectivity index (χ4v) is 0.433. The molecule has 2 nitrogen and oxygen atoms in total. The summed E-state index contributed by atoms with van der Waals surface area (Å²) in [6.07, 6.45) is 0.767. The summed E-state index contributed by atoms with van der Waals surface area (Å²) >= 11 is 0. The minimum atomic E-state index is -2.15. The summed E-state index contributed by atoms with van der Waals surface area (Å²) in [5.74, 6) is 0. The van der Waals surface area contributed by atoms with Crippen LogP contribution in [0.15, 0.2) is 0 Å². The van der Waals surface area contributed by atoms with Crippen molar-refractivity contribution in [3.63, 3.8) is 0 Å². The predicted molar refractivity (Wildman–Crippen MR) is 34.0 cm³/mol. The summed E-state index contributed by atoms with van der Waals surface area (Å²) in [4.78, 5) is 9.05. The van der Waals surface area contributed by atoms with Crippen molar-refractivity contribution in [2.24, 2.45) is 0 Å². The van der Waals surface area contributed by atoms with E-state index in [-0.39, 0.29) is 0 Å². The Labute approximate surface area is 45.0 Å². The molecular formula is C4H13O2P. The Morgan fingerprint density at radius 1 is 1.71 bits per heavy atom. The van der Waals surface area contributed by atoms with Gasteiger partial charge in [-0.25, -0.2) is 0 Å². The first-order chi connectivity index (χ1) is 3.12. The Morgan fingerprint density at radius 2 is 2.14 bits per heavy atom. The fraction of sp³-hybridized carbons (Fsp3) is 1.00. The molecule has 0 saturated carbocycles. The van der Waals surface area contributed by atoms with E-state index in [1.165, 1.54) is 0 Å². The van der Waals surface area contributed by atoms with Gasteiger partial charge >= 0.3 is 44.0 Å². The Balaban J connectivity index is 3.36. The van der Waals surface area contributed by atoms with Crippen LogP contribution >= 0.6 is 7.72 Å². The van der Waals surface area contributed by atoms with E-state index < -0.39 is 7.72 Å². The second-order valence-corrected chi connectivity index (χ2v) is 5.20. The second-order valence-electron chi connectivity index (χ2n) is 1.73. The monoisotopic (exact) mass is 124 g/mol. The van der Waals surface area contributed by atoms with Gasteiger partial charge in [0.2, 0.25) is 0 Å². The van der Waals surface area contributed by atoms with Gasteiger partial charge in [-0.15, -0.1) is 0 Å².